The van der Waals surface area contributed by atoms with Gasteiger partial charge in [0.1, 0.15) is 0 Å². The molecule has 4 aromatic rings. The number of benzene rings is 2. The molecule has 0 N–H and O–H groups in total. The van der Waals surface area contributed by atoms with Crippen molar-refractivity contribution in [3.8, 4) is 22.8 Å². The molecule has 172 valence electrons. The Bertz CT molecular complexity index is 1370. The maximum absolute atomic E-state index is 11.2. The van der Waals surface area contributed by atoms with Crippen LogP contribution in [0.1, 0.15) is 22.9 Å². The molecule has 0 saturated carbocycles. The van der Waals surface area contributed by atoms with Crippen LogP contribution in [0.5, 0.6) is 11.5 Å². The third kappa shape index (κ3) is 4.13. The van der Waals surface area contributed by atoms with Crippen LogP contribution in [0.4, 0.5) is 10.8 Å². The van der Waals surface area contributed by atoms with Gasteiger partial charge in [-0.25, -0.2) is 9.99 Å². The number of non-ortho nitro benzene ring substituents is 1. The second kappa shape index (κ2) is 9.24. The molecule has 1 aliphatic rings. The molecule has 3 heterocycles. The number of hydrogen-bond donors (Lipinski definition) is 0. The predicted molar refractivity (Wildman–Crippen MR) is 134 cm³/mol. The van der Waals surface area contributed by atoms with Crippen LogP contribution in [-0.4, -0.2) is 29.8 Å². The van der Waals surface area contributed by atoms with Gasteiger partial charge in [-0.1, -0.05) is 24.3 Å². The van der Waals surface area contributed by atoms with Crippen molar-refractivity contribution in [3.63, 3.8) is 0 Å². The quantitative estimate of drug-likeness (QED) is 0.227. The van der Waals surface area contributed by atoms with Crippen molar-refractivity contribution in [2.75, 3.05) is 19.2 Å². The molecule has 0 saturated heterocycles. The van der Waals surface area contributed by atoms with E-state index in [4.69, 9.17) is 19.6 Å². The number of nitrogens with zero attached hydrogens (tertiary/aromatic N) is 4. The SMILES string of the molecule is COc1ccc([C@H]2CC(c3cccs3)=NN2c2nc(-c3cccc([N+](=O)[O-])c3)cs2)cc1OC. The lowest BCUT2D eigenvalue weighted by molar-refractivity contribution is -0.384. The third-order valence-electron chi connectivity index (χ3n) is 5.55. The molecule has 34 heavy (non-hydrogen) atoms. The van der Waals surface area contributed by atoms with Crippen molar-refractivity contribution < 1.29 is 14.4 Å². The Morgan fingerprint density at radius 1 is 1.06 bits per heavy atom. The lowest BCUT2D eigenvalue weighted by Gasteiger charge is -2.22. The fourth-order valence-electron chi connectivity index (χ4n) is 3.88. The van der Waals surface area contributed by atoms with Crippen LogP contribution in [0.3, 0.4) is 0 Å². The van der Waals surface area contributed by atoms with Crippen LogP contribution in [0.2, 0.25) is 0 Å². The number of nitro groups is 1. The summed E-state index contributed by atoms with van der Waals surface area (Å²) >= 11 is 3.11. The third-order valence-corrected chi connectivity index (χ3v) is 7.30. The fraction of sp³-hybridized carbons (Fsp3) is 0.167. The van der Waals surface area contributed by atoms with Crippen molar-refractivity contribution >= 4 is 39.2 Å². The van der Waals surface area contributed by atoms with Crippen molar-refractivity contribution in [3.05, 3.63) is 85.9 Å². The molecule has 8 nitrogen and oxygen atoms in total. The molecule has 0 bridgehead atoms. The lowest BCUT2D eigenvalue weighted by Crippen LogP contribution is -2.18. The zero-order chi connectivity index (χ0) is 23.7. The summed E-state index contributed by atoms with van der Waals surface area (Å²) in [5.41, 5.74) is 3.42. The van der Waals surface area contributed by atoms with Gasteiger partial charge in [-0.15, -0.1) is 22.7 Å². The minimum absolute atomic E-state index is 0.0365. The Morgan fingerprint density at radius 2 is 1.91 bits per heavy atom. The molecule has 0 spiro atoms. The second-order valence-electron chi connectivity index (χ2n) is 7.53. The van der Waals surface area contributed by atoms with Gasteiger partial charge in [0.25, 0.3) is 5.69 Å². The largest absolute Gasteiger partial charge is 0.493 e. The number of ether oxygens (including phenoxy) is 2. The van der Waals surface area contributed by atoms with Crippen molar-refractivity contribution in [1.82, 2.24) is 4.98 Å². The first-order valence-electron chi connectivity index (χ1n) is 10.4. The average Bonchev–Trinajstić information content (AvgIpc) is 3.63. The molecule has 0 aliphatic carbocycles. The molecule has 2 aromatic heterocycles. The summed E-state index contributed by atoms with van der Waals surface area (Å²) in [4.78, 5) is 16.7. The first kappa shape index (κ1) is 22.1. The highest BCUT2D eigenvalue weighted by atomic mass is 32.1. The summed E-state index contributed by atoms with van der Waals surface area (Å²) in [5.74, 6) is 1.32. The molecule has 5 rings (SSSR count). The number of rotatable bonds is 7. The zero-order valence-electron chi connectivity index (χ0n) is 18.4. The van der Waals surface area contributed by atoms with E-state index in [-0.39, 0.29) is 11.7 Å². The standard InChI is InChI=1S/C24H20N4O4S2/c1-31-21-9-8-16(12-22(21)32-2)20-13-18(23-7-4-10-33-23)26-27(20)24-25-19(14-34-24)15-5-3-6-17(11-15)28(29)30/h3-12,14,20H,13H2,1-2H3/t20-/m1/s1. The monoisotopic (exact) mass is 492 g/mol. The minimum atomic E-state index is -0.401. The van der Waals surface area contributed by atoms with Crippen LogP contribution < -0.4 is 14.5 Å². The van der Waals surface area contributed by atoms with Crippen LogP contribution in [0.25, 0.3) is 11.3 Å². The van der Waals surface area contributed by atoms with Crippen molar-refractivity contribution in [1.29, 1.82) is 0 Å². The van der Waals surface area contributed by atoms with E-state index in [1.807, 2.05) is 46.1 Å². The Labute approximate surface area is 203 Å². The molecular weight excluding hydrogens is 472 g/mol. The van der Waals surface area contributed by atoms with Crippen molar-refractivity contribution in [2.45, 2.75) is 12.5 Å². The van der Waals surface area contributed by atoms with Crippen LogP contribution in [-0.2, 0) is 0 Å². The summed E-state index contributed by atoms with van der Waals surface area (Å²) in [6, 6.07) is 16.4. The molecule has 2 aromatic carbocycles. The van der Waals surface area contributed by atoms with Gasteiger partial charge < -0.3 is 9.47 Å². The molecule has 0 amide bonds. The Balaban J connectivity index is 1.53. The van der Waals surface area contributed by atoms with Gasteiger partial charge in [-0.3, -0.25) is 10.1 Å². The predicted octanol–water partition coefficient (Wildman–Crippen LogP) is 6.15. The molecule has 1 atom stereocenters. The van der Waals surface area contributed by atoms with Crippen LogP contribution >= 0.6 is 22.7 Å². The van der Waals surface area contributed by atoms with E-state index in [0.29, 0.717) is 34.3 Å². The molecular formula is C24H20N4O4S2. The van der Waals surface area contributed by atoms with E-state index in [2.05, 4.69) is 6.07 Å². The van der Waals surface area contributed by atoms with Gasteiger partial charge in [0.15, 0.2) is 11.5 Å². The van der Waals surface area contributed by atoms with E-state index in [1.54, 1.807) is 31.6 Å². The van der Waals surface area contributed by atoms with E-state index >= 15 is 0 Å². The van der Waals surface area contributed by atoms with Gasteiger partial charge in [0, 0.05) is 29.5 Å². The lowest BCUT2D eigenvalue weighted by atomic mass is 10.0. The van der Waals surface area contributed by atoms with Gasteiger partial charge in [-0.05, 0) is 29.1 Å². The maximum Gasteiger partial charge on any atom is 0.270 e. The summed E-state index contributed by atoms with van der Waals surface area (Å²) < 4.78 is 10.9. The van der Waals surface area contributed by atoms with Crippen LogP contribution in [0.15, 0.2) is 70.5 Å². The van der Waals surface area contributed by atoms with Gasteiger partial charge >= 0.3 is 0 Å². The van der Waals surface area contributed by atoms with Crippen LogP contribution in [0, 0.1) is 10.1 Å². The number of hydrazone groups is 1. The van der Waals surface area contributed by atoms with E-state index in [1.165, 1.54) is 23.5 Å². The van der Waals surface area contributed by atoms with Gasteiger partial charge in [0.05, 0.1) is 41.5 Å². The van der Waals surface area contributed by atoms with Gasteiger partial charge in [0.2, 0.25) is 5.13 Å². The Hall–Kier alpha value is -3.76. The highest BCUT2D eigenvalue weighted by molar-refractivity contribution is 7.14. The van der Waals surface area contributed by atoms with Crippen molar-refractivity contribution in [2.24, 2.45) is 5.10 Å². The molecule has 0 fully saturated rings. The minimum Gasteiger partial charge on any atom is -0.493 e. The number of thiophene rings is 1. The Morgan fingerprint density at radius 3 is 2.65 bits per heavy atom. The number of nitro benzene ring substituents is 1. The summed E-state index contributed by atoms with van der Waals surface area (Å²) in [6.45, 7) is 0. The normalized spacial score (nSPS) is 15.3. The number of thiazole rings is 1. The Kier molecular flexibility index (Phi) is 5.99. The highest BCUT2D eigenvalue weighted by Gasteiger charge is 2.32. The second-order valence-corrected chi connectivity index (χ2v) is 9.31. The number of aromatic nitrogens is 1. The number of anilines is 1. The van der Waals surface area contributed by atoms with E-state index in [9.17, 15) is 10.1 Å². The molecule has 1 aliphatic heterocycles. The first-order valence-corrected chi connectivity index (χ1v) is 12.2. The topological polar surface area (TPSA) is 90.1 Å². The number of methoxy groups -OCH3 is 2. The summed E-state index contributed by atoms with van der Waals surface area (Å²) in [7, 11) is 3.23. The van der Waals surface area contributed by atoms with E-state index in [0.717, 1.165) is 16.2 Å². The molecule has 10 heteroatoms. The smallest absolute Gasteiger partial charge is 0.270 e. The average molecular weight is 493 g/mol. The fourth-order valence-corrected chi connectivity index (χ4v) is 5.43. The number of hydrogen-bond acceptors (Lipinski definition) is 9. The highest BCUT2D eigenvalue weighted by Crippen LogP contribution is 2.42. The first-order chi connectivity index (χ1) is 16.6. The summed E-state index contributed by atoms with van der Waals surface area (Å²) in [6.07, 6.45) is 0.710. The van der Waals surface area contributed by atoms with Gasteiger partial charge in [-0.2, -0.15) is 5.10 Å². The van der Waals surface area contributed by atoms with E-state index < -0.39 is 4.92 Å². The summed E-state index contributed by atoms with van der Waals surface area (Å²) in [5, 5.41) is 22.7. The zero-order valence-corrected chi connectivity index (χ0v) is 20.0. The molecule has 0 unspecified atom stereocenters. The molecule has 0 radical (unpaired) electrons. The maximum atomic E-state index is 11.2.